The molecule has 0 radical (unpaired) electrons. The van der Waals surface area contributed by atoms with E-state index >= 15 is 0 Å². The molecule has 1 aromatic carbocycles. The molecular weight excluding hydrogens is 414 g/mol. The molecule has 4 rings (SSSR count). The Morgan fingerprint density at radius 2 is 1.85 bits per heavy atom. The zero-order valence-corrected chi connectivity index (χ0v) is 18.9. The van der Waals surface area contributed by atoms with Gasteiger partial charge in [-0.2, -0.15) is 5.10 Å². The number of rotatable bonds is 8. The third-order valence-corrected chi connectivity index (χ3v) is 6.05. The molecule has 0 unspecified atom stereocenters. The van der Waals surface area contributed by atoms with Gasteiger partial charge in [0.15, 0.2) is 0 Å². The number of hydrogen-bond acceptors (Lipinski definition) is 4. The Labute approximate surface area is 194 Å². The summed E-state index contributed by atoms with van der Waals surface area (Å²) in [6, 6.07) is 13.4. The first kappa shape index (κ1) is 22.5. The van der Waals surface area contributed by atoms with Crippen molar-refractivity contribution in [2.45, 2.75) is 25.9 Å². The van der Waals surface area contributed by atoms with Crippen LogP contribution in [0.4, 0.5) is 0 Å². The number of amides is 2. The highest BCUT2D eigenvalue weighted by atomic mass is 16.2. The van der Waals surface area contributed by atoms with Crippen molar-refractivity contribution in [3.8, 4) is 11.1 Å². The molecule has 2 aromatic heterocycles. The Morgan fingerprint density at radius 1 is 1.12 bits per heavy atom. The van der Waals surface area contributed by atoms with Crippen LogP contribution in [0.15, 0.2) is 79.9 Å². The molecule has 1 aliphatic rings. The maximum atomic E-state index is 13.4. The van der Waals surface area contributed by atoms with Gasteiger partial charge >= 0.3 is 0 Å². The van der Waals surface area contributed by atoms with Gasteiger partial charge in [-0.1, -0.05) is 37.3 Å². The quantitative estimate of drug-likeness (QED) is 0.502. The molecule has 1 saturated heterocycles. The Balaban J connectivity index is 1.53. The minimum atomic E-state index is -0.530. The van der Waals surface area contributed by atoms with Crippen LogP contribution in [-0.4, -0.2) is 62.1 Å². The highest BCUT2D eigenvalue weighted by molar-refractivity contribution is 5.90. The topological polar surface area (TPSA) is 71.3 Å². The van der Waals surface area contributed by atoms with Crippen molar-refractivity contribution in [1.82, 2.24) is 24.6 Å². The average Bonchev–Trinajstić information content (AvgIpc) is 3.35. The smallest absolute Gasteiger partial charge is 0.246 e. The predicted molar refractivity (Wildman–Crippen MR) is 127 cm³/mol. The van der Waals surface area contributed by atoms with Gasteiger partial charge in [0, 0.05) is 50.8 Å². The van der Waals surface area contributed by atoms with Crippen LogP contribution >= 0.6 is 0 Å². The Hall–Kier alpha value is -3.74. The van der Waals surface area contributed by atoms with E-state index in [1.165, 1.54) is 0 Å². The molecule has 2 amide bonds. The van der Waals surface area contributed by atoms with E-state index in [0.29, 0.717) is 32.6 Å². The van der Waals surface area contributed by atoms with E-state index in [1.54, 1.807) is 39.1 Å². The van der Waals surface area contributed by atoms with Gasteiger partial charge in [0.2, 0.25) is 11.8 Å². The van der Waals surface area contributed by atoms with Crippen LogP contribution in [0.25, 0.3) is 11.1 Å². The highest BCUT2D eigenvalue weighted by Gasteiger charge is 2.38. The maximum Gasteiger partial charge on any atom is 0.246 e. The van der Waals surface area contributed by atoms with Gasteiger partial charge in [-0.15, -0.1) is 6.58 Å². The van der Waals surface area contributed by atoms with Crippen LogP contribution in [-0.2, 0) is 22.6 Å². The largest absolute Gasteiger partial charge is 0.335 e. The van der Waals surface area contributed by atoms with Crippen molar-refractivity contribution < 1.29 is 9.59 Å². The Kier molecular flexibility index (Phi) is 6.98. The maximum absolute atomic E-state index is 13.4. The molecule has 0 bridgehead atoms. The third-order valence-electron chi connectivity index (χ3n) is 6.05. The zero-order valence-electron chi connectivity index (χ0n) is 18.9. The lowest BCUT2D eigenvalue weighted by atomic mass is 9.97. The number of carbonyl (C=O) groups is 2. The fourth-order valence-electron chi connectivity index (χ4n) is 4.29. The molecule has 1 aliphatic heterocycles. The van der Waals surface area contributed by atoms with Crippen molar-refractivity contribution in [3.63, 3.8) is 0 Å². The summed E-state index contributed by atoms with van der Waals surface area (Å²) >= 11 is 0. The summed E-state index contributed by atoms with van der Waals surface area (Å²) in [7, 11) is 0. The number of benzene rings is 1. The van der Waals surface area contributed by atoms with E-state index in [-0.39, 0.29) is 17.7 Å². The molecule has 3 aromatic rings. The van der Waals surface area contributed by atoms with Crippen molar-refractivity contribution >= 4 is 11.8 Å². The minimum absolute atomic E-state index is 0.0180. The first-order valence-corrected chi connectivity index (χ1v) is 11.2. The number of pyridine rings is 1. The van der Waals surface area contributed by atoms with Gasteiger partial charge < -0.3 is 9.80 Å². The first-order chi connectivity index (χ1) is 16.1. The third kappa shape index (κ3) is 5.19. The molecule has 170 valence electrons. The number of hydrogen-bond donors (Lipinski definition) is 0. The van der Waals surface area contributed by atoms with Crippen molar-refractivity contribution in [2.24, 2.45) is 5.92 Å². The fourth-order valence-corrected chi connectivity index (χ4v) is 4.29. The average molecular weight is 444 g/mol. The molecule has 0 spiro atoms. The molecule has 7 heteroatoms. The minimum Gasteiger partial charge on any atom is -0.335 e. The number of nitrogens with zero attached hydrogens (tertiary/aromatic N) is 5. The summed E-state index contributed by atoms with van der Waals surface area (Å²) < 4.78 is 1.76. The van der Waals surface area contributed by atoms with Crippen molar-refractivity contribution in [3.05, 3.63) is 85.5 Å². The summed E-state index contributed by atoms with van der Waals surface area (Å²) in [5, 5.41) is 4.21. The van der Waals surface area contributed by atoms with Crippen LogP contribution < -0.4 is 0 Å². The lowest BCUT2D eigenvalue weighted by Gasteiger charge is -2.41. The monoisotopic (exact) mass is 443 g/mol. The summed E-state index contributed by atoms with van der Waals surface area (Å²) in [5.41, 5.74) is 3.20. The molecule has 0 N–H and O–H groups in total. The van der Waals surface area contributed by atoms with Crippen molar-refractivity contribution in [2.75, 3.05) is 19.6 Å². The van der Waals surface area contributed by atoms with E-state index in [1.807, 2.05) is 55.6 Å². The van der Waals surface area contributed by atoms with E-state index in [4.69, 9.17) is 0 Å². The molecular formula is C26H29N5O2. The summed E-state index contributed by atoms with van der Waals surface area (Å²) in [6.45, 7) is 7.67. The van der Waals surface area contributed by atoms with Crippen LogP contribution in [0.3, 0.4) is 0 Å². The lowest BCUT2D eigenvalue weighted by molar-refractivity contribution is -0.153. The van der Waals surface area contributed by atoms with Crippen LogP contribution in [0.2, 0.25) is 0 Å². The van der Waals surface area contributed by atoms with Gasteiger partial charge in [-0.25, -0.2) is 0 Å². The second-order valence-electron chi connectivity index (χ2n) is 8.39. The molecule has 0 aliphatic carbocycles. The number of piperazine rings is 1. The number of carbonyl (C=O) groups excluding carboxylic acids is 2. The fraction of sp³-hybridized carbons (Fsp3) is 0.308. The Morgan fingerprint density at radius 3 is 2.52 bits per heavy atom. The van der Waals surface area contributed by atoms with E-state index in [2.05, 4.69) is 16.7 Å². The van der Waals surface area contributed by atoms with Crippen LogP contribution in [0.1, 0.15) is 12.5 Å². The molecule has 1 fully saturated rings. The van der Waals surface area contributed by atoms with Crippen LogP contribution in [0, 0.1) is 5.92 Å². The second-order valence-corrected chi connectivity index (χ2v) is 8.39. The Bertz CT molecular complexity index is 1080. The zero-order chi connectivity index (χ0) is 23.2. The van der Waals surface area contributed by atoms with E-state index in [9.17, 15) is 9.59 Å². The second kappa shape index (κ2) is 10.3. The molecule has 3 heterocycles. The highest BCUT2D eigenvalue weighted by Crippen LogP contribution is 2.23. The van der Waals surface area contributed by atoms with Gasteiger partial charge in [-0.05, 0) is 34.9 Å². The predicted octanol–water partition coefficient (Wildman–Crippen LogP) is 3.05. The number of aromatic nitrogens is 3. The van der Waals surface area contributed by atoms with E-state index in [0.717, 1.165) is 16.7 Å². The van der Waals surface area contributed by atoms with Crippen molar-refractivity contribution in [1.29, 1.82) is 0 Å². The van der Waals surface area contributed by atoms with Crippen LogP contribution in [0.5, 0.6) is 0 Å². The summed E-state index contributed by atoms with van der Waals surface area (Å²) in [4.78, 5) is 34.3. The van der Waals surface area contributed by atoms with Gasteiger partial charge in [0.05, 0.1) is 12.5 Å². The van der Waals surface area contributed by atoms with Gasteiger partial charge in [-0.3, -0.25) is 19.3 Å². The molecule has 7 nitrogen and oxygen atoms in total. The molecule has 33 heavy (non-hydrogen) atoms. The van der Waals surface area contributed by atoms with E-state index < -0.39 is 6.04 Å². The SMILES string of the molecule is C=CCN1CCN(C(=O)[C@@H](C)Cn2cccn2)[C@H](Cc2ccc(-c3ccncc3)cc2)C1=O. The lowest BCUT2D eigenvalue weighted by Crippen LogP contribution is -2.60. The van der Waals surface area contributed by atoms with Gasteiger partial charge in [0.1, 0.15) is 6.04 Å². The molecule has 2 atom stereocenters. The summed E-state index contributed by atoms with van der Waals surface area (Å²) in [5.74, 6) is -0.324. The molecule has 0 saturated carbocycles. The normalized spacial score (nSPS) is 17.1. The summed E-state index contributed by atoms with van der Waals surface area (Å²) in [6.07, 6.45) is 9.30. The van der Waals surface area contributed by atoms with Gasteiger partial charge in [0.25, 0.3) is 0 Å². The standard InChI is InChI=1S/C26H29N5O2/c1-3-14-29-16-17-31(25(32)20(2)19-30-15-4-11-28-30)24(26(29)33)18-21-5-7-22(8-6-21)23-9-12-27-13-10-23/h3-13,15,20,24H,1,14,16-19H2,2H3/t20-,24+/m0/s1. The first-order valence-electron chi connectivity index (χ1n) is 11.2.